The Morgan fingerprint density at radius 3 is 2.76 bits per heavy atom. The van der Waals surface area contributed by atoms with Crippen LogP contribution in [0.3, 0.4) is 0 Å². The first-order valence-corrected chi connectivity index (χ1v) is 10.8. The molecule has 0 N–H and O–H groups in total. The molecule has 1 aliphatic rings. The van der Waals surface area contributed by atoms with Crippen molar-refractivity contribution in [1.29, 1.82) is 0 Å². The van der Waals surface area contributed by atoms with Crippen LogP contribution in [0.2, 0.25) is 0 Å². The van der Waals surface area contributed by atoms with Crippen LogP contribution in [0, 0.1) is 10.1 Å². The van der Waals surface area contributed by atoms with Gasteiger partial charge in [0, 0.05) is 24.2 Å². The Balaban J connectivity index is 1.32. The maximum atomic E-state index is 10.9. The highest BCUT2D eigenvalue weighted by molar-refractivity contribution is 5.60. The Bertz CT molecular complexity index is 1080. The molecule has 0 spiro atoms. The van der Waals surface area contributed by atoms with E-state index < -0.39 is 4.92 Å². The number of hydrogen-bond acceptors (Lipinski definition) is 9. The molecule has 10 nitrogen and oxygen atoms in total. The maximum absolute atomic E-state index is 10.9. The molecule has 1 aliphatic heterocycles. The van der Waals surface area contributed by atoms with Crippen molar-refractivity contribution in [3.05, 3.63) is 64.0 Å². The van der Waals surface area contributed by atoms with Gasteiger partial charge in [0.25, 0.3) is 11.6 Å². The number of nitro groups is 1. The fourth-order valence-corrected chi connectivity index (χ4v) is 3.66. The molecular weight excluding hydrogens is 428 g/mol. The highest BCUT2D eigenvalue weighted by atomic mass is 16.6. The van der Waals surface area contributed by atoms with Gasteiger partial charge in [-0.05, 0) is 49.7 Å². The molecule has 3 aromatic rings. The van der Waals surface area contributed by atoms with Gasteiger partial charge in [-0.2, -0.15) is 4.98 Å². The predicted molar refractivity (Wildman–Crippen MR) is 119 cm³/mol. The summed E-state index contributed by atoms with van der Waals surface area (Å²) in [6.07, 6.45) is 2.51. The van der Waals surface area contributed by atoms with Crippen LogP contribution in [0.5, 0.6) is 11.5 Å². The lowest BCUT2D eigenvalue weighted by Crippen LogP contribution is -2.25. The van der Waals surface area contributed by atoms with Gasteiger partial charge in [-0.25, -0.2) is 0 Å². The normalized spacial score (nSPS) is 13.8. The summed E-state index contributed by atoms with van der Waals surface area (Å²) in [5.74, 6) is 1.98. The molecule has 1 aromatic heterocycles. The van der Waals surface area contributed by atoms with Crippen LogP contribution in [0.15, 0.2) is 47.0 Å². The molecule has 2 aromatic carbocycles. The topological polar surface area (TPSA) is 113 Å². The van der Waals surface area contributed by atoms with Crippen molar-refractivity contribution < 1.29 is 23.7 Å². The minimum Gasteiger partial charge on any atom is -0.493 e. The molecule has 0 amide bonds. The van der Waals surface area contributed by atoms with Crippen molar-refractivity contribution in [1.82, 2.24) is 15.0 Å². The third-order valence-corrected chi connectivity index (χ3v) is 5.37. The average Bonchev–Trinajstić information content (AvgIpc) is 3.52. The van der Waals surface area contributed by atoms with Crippen LogP contribution in [0.25, 0.3) is 11.4 Å². The van der Waals surface area contributed by atoms with Crippen LogP contribution in [-0.4, -0.2) is 53.3 Å². The monoisotopic (exact) mass is 454 g/mol. The predicted octanol–water partition coefficient (Wildman–Crippen LogP) is 3.84. The minimum atomic E-state index is -0.439. The van der Waals surface area contributed by atoms with Crippen molar-refractivity contribution >= 4 is 5.69 Å². The second-order valence-electron chi connectivity index (χ2n) is 7.69. The summed E-state index contributed by atoms with van der Waals surface area (Å²) < 4.78 is 22.2. The third kappa shape index (κ3) is 6.05. The van der Waals surface area contributed by atoms with Gasteiger partial charge in [-0.15, -0.1) is 0 Å². The van der Waals surface area contributed by atoms with Gasteiger partial charge >= 0.3 is 0 Å². The number of nitrogens with zero attached hydrogens (tertiary/aromatic N) is 4. The summed E-state index contributed by atoms with van der Waals surface area (Å²) in [6, 6.07) is 11.8. The fourth-order valence-electron chi connectivity index (χ4n) is 3.66. The Hall–Kier alpha value is -3.50. The number of non-ortho nitro benzene ring substituents is 1. The van der Waals surface area contributed by atoms with E-state index >= 15 is 0 Å². The van der Waals surface area contributed by atoms with E-state index in [-0.39, 0.29) is 18.9 Å². The van der Waals surface area contributed by atoms with E-state index in [0.717, 1.165) is 25.2 Å². The summed E-state index contributed by atoms with van der Waals surface area (Å²) >= 11 is 0. The zero-order valence-corrected chi connectivity index (χ0v) is 18.4. The molecule has 2 heterocycles. The zero-order chi connectivity index (χ0) is 23.0. The standard InChI is InChI=1S/C23H26N4O6/c1-30-21-14-18(7-8-20(21)32-12-11-26-9-2-3-10-26)23-24-22(33-25-23)16-31-15-17-5-4-6-19(13-17)27(28)29/h4-8,13-14H,2-3,9-12,15-16H2,1H3. The molecule has 0 atom stereocenters. The van der Waals surface area contributed by atoms with E-state index in [1.54, 1.807) is 19.2 Å². The van der Waals surface area contributed by atoms with Crippen molar-refractivity contribution in [2.45, 2.75) is 26.1 Å². The smallest absolute Gasteiger partial charge is 0.269 e. The van der Waals surface area contributed by atoms with Crippen LogP contribution in [0.1, 0.15) is 24.3 Å². The molecule has 0 saturated carbocycles. The molecule has 33 heavy (non-hydrogen) atoms. The lowest BCUT2D eigenvalue weighted by atomic mass is 10.2. The van der Waals surface area contributed by atoms with Gasteiger partial charge in [0.15, 0.2) is 11.5 Å². The van der Waals surface area contributed by atoms with Crippen molar-refractivity contribution in [3.8, 4) is 22.9 Å². The lowest BCUT2D eigenvalue weighted by Gasteiger charge is -2.16. The Morgan fingerprint density at radius 2 is 1.97 bits per heavy atom. The van der Waals surface area contributed by atoms with Gasteiger partial charge in [0.05, 0.1) is 18.6 Å². The summed E-state index contributed by atoms with van der Waals surface area (Å²) in [4.78, 5) is 17.2. The van der Waals surface area contributed by atoms with Crippen molar-refractivity contribution in [3.63, 3.8) is 0 Å². The van der Waals surface area contributed by atoms with E-state index in [1.165, 1.54) is 25.0 Å². The van der Waals surface area contributed by atoms with Crippen molar-refractivity contribution in [2.75, 3.05) is 33.4 Å². The van der Waals surface area contributed by atoms with E-state index in [4.69, 9.17) is 18.7 Å². The Kier molecular flexibility index (Phi) is 7.48. The number of rotatable bonds is 11. The van der Waals surface area contributed by atoms with Gasteiger partial charge < -0.3 is 18.7 Å². The first-order valence-electron chi connectivity index (χ1n) is 10.8. The summed E-state index contributed by atoms with van der Waals surface area (Å²) in [6.45, 7) is 4.05. The van der Waals surface area contributed by atoms with Crippen LogP contribution >= 0.6 is 0 Å². The quantitative estimate of drug-likeness (QED) is 0.315. The SMILES string of the molecule is COc1cc(-c2noc(COCc3cccc([N+](=O)[O-])c3)n2)ccc1OCCN1CCCC1. The molecule has 0 unspecified atom stereocenters. The summed E-state index contributed by atoms with van der Waals surface area (Å²) in [5, 5.41) is 14.9. The molecule has 4 rings (SSSR count). The third-order valence-electron chi connectivity index (χ3n) is 5.37. The molecule has 10 heteroatoms. The number of nitro benzene ring substituents is 1. The molecule has 0 radical (unpaired) electrons. The maximum Gasteiger partial charge on any atom is 0.269 e. The highest BCUT2D eigenvalue weighted by Crippen LogP contribution is 2.31. The molecule has 0 bridgehead atoms. The summed E-state index contributed by atoms with van der Waals surface area (Å²) in [5.41, 5.74) is 1.44. The Morgan fingerprint density at radius 1 is 1.12 bits per heavy atom. The number of likely N-dealkylation sites (tertiary alicyclic amines) is 1. The molecular formula is C23H26N4O6. The van der Waals surface area contributed by atoms with E-state index in [0.29, 0.717) is 35.4 Å². The second kappa shape index (κ2) is 10.9. The average molecular weight is 454 g/mol. The van der Waals surface area contributed by atoms with Gasteiger partial charge in [-0.1, -0.05) is 17.3 Å². The molecule has 1 saturated heterocycles. The van der Waals surface area contributed by atoms with Crippen LogP contribution in [-0.2, 0) is 18.0 Å². The second-order valence-corrected chi connectivity index (χ2v) is 7.69. The van der Waals surface area contributed by atoms with Gasteiger partial charge in [-0.3, -0.25) is 15.0 Å². The largest absolute Gasteiger partial charge is 0.493 e. The van der Waals surface area contributed by atoms with Crippen LogP contribution < -0.4 is 9.47 Å². The summed E-state index contributed by atoms with van der Waals surface area (Å²) in [7, 11) is 1.59. The van der Waals surface area contributed by atoms with Crippen LogP contribution in [0.4, 0.5) is 5.69 Å². The van der Waals surface area contributed by atoms with E-state index in [9.17, 15) is 10.1 Å². The van der Waals surface area contributed by atoms with Gasteiger partial charge in [0.1, 0.15) is 13.2 Å². The first-order chi connectivity index (χ1) is 16.1. The fraction of sp³-hybridized carbons (Fsp3) is 0.391. The molecule has 174 valence electrons. The van der Waals surface area contributed by atoms with Crippen molar-refractivity contribution in [2.24, 2.45) is 0 Å². The van der Waals surface area contributed by atoms with Gasteiger partial charge in [0.2, 0.25) is 5.82 Å². The highest BCUT2D eigenvalue weighted by Gasteiger charge is 2.15. The lowest BCUT2D eigenvalue weighted by molar-refractivity contribution is -0.385. The van der Waals surface area contributed by atoms with E-state index in [1.807, 2.05) is 18.2 Å². The minimum absolute atomic E-state index is 0.0218. The number of benzene rings is 2. The first kappa shape index (κ1) is 22.7. The zero-order valence-electron chi connectivity index (χ0n) is 18.4. The molecule has 1 fully saturated rings. The number of ether oxygens (including phenoxy) is 3. The van der Waals surface area contributed by atoms with E-state index in [2.05, 4.69) is 15.0 Å². The number of aromatic nitrogens is 2. The molecule has 0 aliphatic carbocycles. The number of methoxy groups -OCH3 is 1. The number of hydrogen-bond donors (Lipinski definition) is 0. The Labute approximate surface area is 191 Å².